The standard InChI is InChI=1S/C22H37NO/c1-5-24-22-13-9-8-12-21(22)20(4)23-16-10-6-7-11-18(2)14-15-19(3)17-23/h8-9,12-13,18-20H,5-7,10-11,14-17H2,1-4H3/t18?,19-,20?/m0/s1. The second kappa shape index (κ2) is 10.1. The van der Waals surface area contributed by atoms with Crippen molar-refractivity contribution >= 4 is 0 Å². The smallest absolute Gasteiger partial charge is 0.124 e. The lowest BCUT2D eigenvalue weighted by Gasteiger charge is -2.32. The van der Waals surface area contributed by atoms with Gasteiger partial charge < -0.3 is 4.74 Å². The highest BCUT2D eigenvalue weighted by molar-refractivity contribution is 5.35. The van der Waals surface area contributed by atoms with Gasteiger partial charge in [-0.2, -0.15) is 0 Å². The summed E-state index contributed by atoms with van der Waals surface area (Å²) < 4.78 is 5.88. The van der Waals surface area contributed by atoms with Crippen molar-refractivity contribution in [3.8, 4) is 5.75 Å². The minimum Gasteiger partial charge on any atom is -0.494 e. The third kappa shape index (κ3) is 5.81. The van der Waals surface area contributed by atoms with E-state index in [0.717, 1.165) is 24.2 Å². The van der Waals surface area contributed by atoms with E-state index in [1.807, 2.05) is 0 Å². The van der Waals surface area contributed by atoms with Crippen LogP contribution in [0, 0.1) is 11.8 Å². The topological polar surface area (TPSA) is 12.5 Å². The second-order valence-electron chi connectivity index (χ2n) is 7.78. The first kappa shape index (κ1) is 19.3. The summed E-state index contributed by atoms with van der Waals surface area (Å²) in [5, 5.41) is 0. The van der Waals surface area contributed by atoms with Gasteiger partial charge >= 0.3 is 0 Å². The van der Waals surface area contributed by atoms with Crippen LogP contribution in [-0.4, -0.2) is 24.6 Å². The minimum absolute atomic E-state index is 0.424. The Morgan fingerprint density at radius 3 is 2.58 bits per heavy atom. The first-order valence-corrected chi connectivity index (χ1v) is 10.1. The van der Waals surface area contributed by atoms with Crippen LogP contribution in [0.5, 0.6) is 5.75 Å². The molecule has 1 aromatic carbocycles. The summed E-state index contributed by atoms with van der Waals surface area (Å²) >= 11 is 0. The van der Waals surface area contributed by atoms with E-state index in [0.29, 0.717) is 6.04 Å². The fraction of sp³-hybridized carbons (Fsp3) is 0.727. The van der Waals surface area contributed by atoms with Crippen LogP contribution < -0.4 is 4.74 Å². The van der Waals surface area contributed by atoms with Crippen molar-refractivity contribution in [1.29, 1.82) is 0 Å². The SMILES string of the molecule is CCOc1ccccc1C(C)N1CCCCCC(C)CC[C@H](C)C1. The van der Waals surface area contributed by atoms with E-state index in [9.17, 15) is 0 Å². The van der Waals surface area contributed by atoms with Crippen molar-refractivity contribution in [1.82, 2.24) is 4.90 Å². The van der Waals surface area contributed by atoms with Gasteiger partial charge in [-0.15, -0.1) is 0 Å². The van der Waals surface area contributed by atoms with Crippen LogP contribution in [0.2, 0.25) is 0 Å². The Labute approximate surface area is 149 Å². The average Bonchev–Trinajstić information content (AvgIpc) is 2.61. The van der Waals surface area contributed by atoms with Gasteiger partial charge in [-0.3, -0.25) is 4.90 Å². The van der Waals surface area contributed by atoms with Gasteiger partial charge in [0, 0.05) is 18.2 Å². The Morgan fingerprint density at radius 2 is 1.79 bits per heavy atom. The summed E-state index contributed by atoms with van der Waals surface area (Å²) in [7, 11) is 0. The first-order chi connectivity index (χ1) is 11.6. The van der Waals surface area contributed by atoms with Crippen molar-refractivity contribution in [2.45, 2.75) is 72.3 Å². The van der Waals surface area contributed by atoms with Gasteiger partial charge in [0.2, 0.25) is 0 Å². The Hall–Kier alpha value is -1.02. The lowest BCUT2D eigenvalue weighted by molar-refractivity contribution is 0.171. The molecule has 0 N–H and O–H groups in total. The van der Waals surface area contributed by atoms with Crippen molar-refractivity contribution in [2.24, 2.45) is 11.8 Å². The van der Waals surface area contributed by atoms with Crippen molar-refractivity contribution < 1.29 is 4.74 Å². The summed E-state index contributed by atoms with van der Waals surface area (Å²) in [6.07, 6.45) is 8.24. The van der Waals surface area contributed by atoms with E-state index in [-0.39, 0.29) is 0 Å². The molecule has 0 bridgehead atoms. The van der Waals surface area contributed by atoms with Gasteiger partial charge in [0.15, 0.2) is 0 Å². The van der Waals surface area contributed by atoms with Crippen LogP contribution >= 0.6 is 0 Å². The average molecular weight is 332 g/mol. The monoisotopic (exact) mass is 331 g/mol. The quantitative estimate of drug-likeness (QED) is 0.663. The number of nitrogens with zero attached hydrogens (tertiary/aromatic N) is 1. The lowest BCUT2D eigenvalue weighted by Crippen LogP contribution is -2.32. The van der Waals surface area contributed by atoms with E-state index in [1.165, 1.54) is 57.2 Å². The van der Waals surface area contributed by atoms with E-state index in [2.05, 4.69) is 56.9 Å². The van der Waals surface area contributed by atoms with Gasteiger partial charge in [0.05, 0.1) is 6.61 Å². The number of ether oxygens (including phenoxy) is 1. The molecule has 1 aliphatic heterocycles. The first-order valence-electron chi connectivity index (χ1n) is 10.1. The van der Waals surface area contributed by atoms with Crippen LogP contribution in [-0.2, 0) is 0 Å². The Bertz CT molecular complexity index is 473. The van der Waals surface area contributed by atoms with Gasteiger partial charge in [-0.1, -0.05) is 57.7 Å². The van der Waals surface area contributed by atoms with Crippen LogP contribution in [0.4, 0.5) is 0 Å². The molecule has 1 saturated heterocycles. The Morgan fingerprint density at radius 1 is 1.04 bits per heavy atom. The minimum atomic E-state index is 0.424. The van der Waals surface area contributed by atoms with Gasteiger partial charge in [-0.05, 0) is 51.1 Å². The van der Waals surface area contributed by atoms with E-state index >= 15 is 0 Å². The predicted molar refractivity (Wildman–Crippen MR) is 104 cm³/mol. The normalized spacial score (nSPS) is 25.7. The Kier molecular flexibility index (Phi) is 8.11. The molecule has 0 aliphatic carbocycles. The fourth-order valence-corrected chi connectivity index (χ4v) is 3.94. The maximum Gasteiger partial charge on any atom is 0.124 e. The van der Waals surface area contributed by atoms with E-state index < -0.39 is 0 Å². The highest BCUT2D eigenvalue weighted by Crippen LogP contribution is 2.31. The van der Waals surface area contributed by atoms with Crippen molar-refractivity contribution in [3.05, 3.63) is 29.8 Å². The molecule has 0 radical (unpaired) electrons. The van der Waals surface area contributed by atoms with Crippen LogP contribution in [0.1, 0.15) is 77.8 Å². The zero-order valence-electron chi connectivity index (χ0n) is 16.3. The van der Waals surface area contributed by atoms with E-state index in [4.69, 9.17) is 4.74 Å². The number of para-hydroxylation sites is 1. The molecule has 1 fully saturated rings. The number of hydrogen-bond acceptors (Lipinski definition) is 2. The zero-order chi connectivity index (χ0) is 17.4. The van der Waals surface area contributed by atoms with Crippen LogP contribution in [0.15, 0.2) is 24.3 Å². The maximum absolute atomic E-state index is 5.88. The van der Waals surface area contributed by atoms with Gasteiger partial charge in [0.25, 0.3) is 0 Å². The largest absolute Gasteiger partial charge is 0.494 e. The molecule has 136 valence electrons. The lowest BCUT2D eigenvalue weighted by atomic mass is 9.94. The summed E-state index contributed by atoms with van der Waals surface area (Å²) in [5.74, 6) is 2.73. The van der Waals surface area contributed by atoms with Crippen molar-refractivity contribution in [3.63, 3.8) is 0 Å². The molecule has 3 atom stereocenters. The summed E-state index contributed by atoms with van der Waals surface area (Å²) in [4.78, 5) is 2.69. The third-order valence-electron chi connectivity index (χ3n) is 5.56. The predicted octanol–water partition coefficient (Wildman–Crippen LogP) is 6.07. The van der Waals surface area contributed by atoms with Crippen molar-refractivity contribution in [2.75, 3.05) is 19.7 Å². The third-order valence-corrected chi connectivity index (χ3v) is 5.56. The molecule has 2 heteroatoms. The highest BCUT2D eigenvalue weighted by Gasteiger charge is 2.21. The summed E-state index contributed by atoms with van der Waals surface area (Å²) in [6.45, 7) is 12.4. The second-order valence-corrected chi connectivity index (χ2v) is 7.78. The van der Waals surface area contributed by atoms with Gasteiger partial charge in [-0.25, -0.2) is 0 Å². The summed E-state index contributed by atoms with van der Waals surface area (Å²) in [6, 6.07) is 9.01. The summed E-state index contributed by atoms with van der Waals surface area (Å²) in [5.41, 5.74) is 1.34. The molecule has 2 unspecified atom stereocenters. The molecule has 1 aromatic rings. The molecule has 2 nitrogen and oxygen atoms in total. The fourth-order valence-electron chi connectivity index (χ4n) is 3.94. The molecule has 1 heterocycles. The molecular weight excluding hydrogens is 294 g/mol. The Balaban J connectivity index is 2.11. The van der Waals surface area contributed by atoms with Gasteiger partial charge in [0.1, 0.15) is 5.75 Å². The number of hydrogen-bond donors (Lipinski definition) is 0. The molecule has 0 amide bonds. The molecule has 24 heavy (non-hydrogen) atoms. The zero-order valence-corrected chi connectivity index (χ0v) is 16.3. The molecule has 1 aliphatic rings. The molecule has 0 aromatic heterocycles. The number of rotatable bonds is 4. The van der Waals surface area contributed by atoms with Crippen LogP contribution in [0.25, 0.3) is 0 Å². The molecule has 2 rings (SSSR count). The molecule has 0 spiro atoms. The molecule has 0 saturated carbocycles. The highest BCUT2D eigenvalue weighted by atomic mass is 16.5. The number of benzene rings is 1. The van der Waals surface area contributed by atoms with Crippen LogP contribution in [0.3, 0.4) is 0 Å². The maximum atomic E-state index is 5.88. The van der Waals surface area contributed by atoms with E-state index in [1.54, 1.807) is 0 Å². The molecular formula is C22H37NO.